The minimum absolute atomic E-state index is 0.0126. The molecule has 2 saturated heterocycles. The van der Waals surface area contributed by atoms with Gasteiger partial charge in [0.1, 0.15) is 34.0 Å². The number of likely N-dealkylation sites (N-methyl/N-ethyl adjacent to an activating group) is 1. The van der Waals surface area contributed by atoms with Gasteiger partial charge in [-0.3, -0.25) is 19.0 Å². The van der Waals surface area contributed by atoms with Crippen molar-refractivity contribution < 1.29 is 9.59 Å². The van der Waals surface area contributed by atoms with Crippen LogP contribution in [0.2, 0.25) is 0 Å². The van der Waals surface area contributed by atoms with E-state index in [4.69, 9.17) is 0 Å². The number of amides is 2. The molecular formula is C27H31N7O3S2. The maximum absolute atomic E-state index is 13.7. The molecule has 3 aromatic rings. The number of aryl methyl sites for hydroxylation is 2. The van der Waals surface area contributed by atoms with Gasteiger partial charge in [0.05, 0.1) is 5.39 Å². The largest absolute Gasteiger partial charge is 0.341 e. The summed E-state index contributed by atoms with van der Waals surface area (Å²) < 4.78 is 1.64. The lowest BCUT2D eigenvalue weighted by Gasteiger charge is -2.38. The summed E-state index contributed by atoms with van der Waals surface area (Å²) >= 11 is 3.33. The number of anilines is 2. The van der Waals surface area contributed by atoms with Gasteiger partial charge in [0.2, 0.25) is 5.91 Å². The molecule has 10 nitrogen and oxygen atoms in total. The molecular weight excluding hydrogens is 534 g/mol. The number of thioether (sulfide) groups is 1. The summed E-state index contributed by atoms with van der Waals surface area (Å²) in [6.07, 6.45) is 4.83. The van der Waals surface area contributed by atoms with Crippen LogP contribution in [0.3, 0.4) is 0 Å². The monoisotopic (exact) mass is 565 g/mol. The highest BCUT2D eigenvalue weighted by Crippen LogP contribution is 2.42. The Balaban J connectivity index is 1.19. The summed E-state index contributed by atoms with van der Waals surface area (Å²) in [5.41, 5.74) is 1.91. The zero-order chi connectivity index (χ0) is 27.1. The third kappa shape index (κ3) is 3.82. The first-order valence-corrected chi connectivity index (χ1v) is 15.4. The summed E-state index contributed by atoms with van der Waals surface area (Å²) in [6, 6.07) is 2.18. The highest BCUT2D eigenvalue weighted by atomic mass is 32.2. The molecule has 2 N–H and O–H groups in total. The topological polar surface area (TPSA) is 112 Å². The Hall–Kier alpha value is -2.96. The molecule has 6 heterocycles. The van der Waals surface area contributed by atoms with Crippen molar-refractivity contribution in [3.05, 3.63) is 44.4 Å². The molecule has 2 fully saturated rings. The molecule has 2 atom stereocenters. The average molecular weight is 566 g/mol. The highest BCUT2D eigenvalue weighted by Gasteiger charge is 2.49. The summed E-state index contributed by atoms with van der Waals surface area (Å²) in [6.45, 7) is 3.49. The lowest BCUT2D eigenvalue weighted by molar-refractivity contribution is -0.134. The second kappa shape index (κ2) is 9.03. The Labute approximate surface area is 234 Å². The van der Waals surface area contributed by atoms with Crippen molar-refractivity contribution >= 4 is 56.6 Å². The fourth-order valence-electron chi connectivity index (χ4n) is 6.51. The van der Waals surface area contributed by atoms with Crippen LogP contribution in [0.15, 0.2) is 17.2 Å². The van der Waals surface area contributed by atoms with Crippen LogP contribution < -0.4 is 16.2 Å². The number of hydrogen-bond acceptors (Lipinski definition) is 9. The molecule has 0 bridgehead atoms. The molecule has 0 aromatic carbocycles. The van der Waals surface area contributed by atoms with E-state index >= 15 is 0 Å². The molecule has 0 saturated carbocycles. The summed E-state index contributed by atoms with van der Waals surface area (Å²) in [5.74, 6) is 2.01. The molecule has 7 rings (SSSR count). The first-order valence-electron chi connectivity index (χ1n) is 13.4. The van der Waals surface area contributed by atoms with Gasteiger partial charge in [-0.05, 0) is 63.9 Å². The third-order valence-electron chi connectivity index (χ3n) is 8.72. The van der Waals surface area contributed by atoms with E-state index in [1.54, 1.807) is 33.7 Å². The molecule has 1 aliphatic carbocycles. The predicted octanol–water partition coefficient (Wildman–Crippen LogP) is 2.32. The van der Waals surface area contributed by atoms with Crippen molar-refractivity contribution in [1.82, 2.24) is 29.7 Å². The quantitative estimate of drug-likeness (QED) is 0.496. The second-order valence-corrected chi connectivity index (χ2v) is 13.4. The van der Waals surface area contributed by atoms with Gasteiger partial charge in [0, 0.05) is 41.4 Å². The standard InChI is InChI=1S/C27H31N7O3S2/c1-14-8-18(26(37)34-21(14)23(35)31-27(34)11-38-12-27)30-22-20-17-5-4-15(9-19(17)39-24(20)29-13-28-22)25(36)33-7-6-16(10-33)32(2)3/h8,13,15-16H,4-7,9-12H2,1-3H3,(H,31,35)(H,28,29,30)/t15-,16-/m0/s1. The Bertz CT molecular complexity index is 1590. The van der Waals surface area contributed by atoms with E-state index in [9.17, 15) is 14.4 Å². The average Bonchev–Trinajstić information content (AvgIpc) is 3.60. The Morgan fingerprint density at radius 1 is 1.23 bits per heavy atom. The van der Waals surface area contributed by atoms with E-state index in [1.807, 2.05) is 11.8 Å². The number of hydrogen-bond donors (Lipinski definition) is 2. The van der Waals surface area contributed by atoms with Crippen molar-refractivity contribution in [3.63, 3.8) is 0 Å². The van der Waals surface area contributed by atoms with Crippen molar-refractivity contribution in [1.29, 1.82) is 0 Å². The molecule has 0 radical (unpaired) electrons. The van der Waals surface area contributed by atoms with Gasteiger partial charge in [0.15, 0.2) is 0 Å². The zero-order valence-corrected chi connectivity index (χ0v) is 23.9. The van der Waals surface area contributed by atoms with Gasteiger partial charge in [0.25, 0.3) is 11.5 Å². The number of rotatable bonds is 4. The van der Waals surface area contributed by atoms with E-state index in [2.05, 4.69) is 39.6 Å². The molecule has 204 valence electrons. The fourth-order valence-corrected chi connectivity index (χ4v) is 8.77. The SMILES string of the molecule is Cc1cc(Nc2ncnc3sc4c(c23)CC[C@H](C(=O)N2CC[C@H](N(C)C)C2)C4)c(=O)n2c1C(=O)NC21CSC1. The van der Waals surface area contributed by atoms with E-state index in [0.717, 1.165) is 48.1 Å². The summed E-state index contributed by atoms with van der Waals surface area (Å²) in [7, 11) is 4.16. The van der Waals surface area contributed by atoms with E-state index in [0.29, 0.717) is 41.2 Å². The predicted molar refractivity (Wildman–Crippen MR) is 153 cm³/mol. The number of nitrogens with zero attached hydrogens (tertiary/aromatic N) is 5. The number of fused-ring (bicyclic) bond motifs is 5. The van der Waals surface area contributed by atoms with E-state index in [-0.39, 0.29) is 23.3 Å². The van der Waals surface area contributed by atoms with Gasteiger partial charge < -0.3 is 20.4 Å². The van der Waals surface area contributed by atoms with Gasteiger partial charge >= 0.3 is 0 Å². The maximum Gasteiger partial charge on any atom is 0.276 e. The number of carbonyl (C=O) groups is 2. The van der Waals surface area contributed by atoms with E-state index < -0.39 is 5.66 Å². The zero-order valence-electron chi connectivity index (χ0n) is 22.2. The Kier molecular flexibility index (Phi) is 5.80. The van der Waals surface area contributed by atoms with Gasteiger partial charge in [-0.1, -0.05) is 0 Å². The normalized spacial score (nSPS) is 23.2. The number of pyridine rings is 1. The van der Waals surface area contributed by atoms with Crippen molar-refractivity contribution in [3.8, 4) is 0 Å². The minimum Gasteiger partial charge on any atom is -0.341 e. The fraction of sp³-hybridized carbons (Fsp3) is 0.519. The lowest BCUT2D eigenvalue weighted by Crippen LogP contribution is -2.57. The number of carbonyl (C=O) groups excluding carboxylic acids is 2. The number of likely N-dealkylation sites (tertiary alicyclic amines) is 1. The first-order chi connectivity index (χ1) is 18.8. The second-order valence-electron chi connectivity index (χ2n) is 11.4. The van der Waals surface area contributed by atoms with Crippen molar-refractivity contribution in [2.45, 2.75) is 44.3 Å². The smallest absolute Gasteiger partial charge is 0.276 e. The van der Waals surface area contributed by atoms with Crippen molar-refractivity contribution in [2.75, 3.05) is 44.0 Å². The highest BCUT2D eigenvalue weighted by molar-refractivity contribution is 8.00. The van der Waals surface area contributed by atoms with Crippen LogP contribution >= 0.6 is 23.1 Å². The van der Waals surface area contributed by atoms with Crippen LogP contribution in [0.5, 0.6) is 0 Å². The van der Waals surface area contributed by atoms with Crippen LogP contribution in [0, 0.1) is 12.8 Å². The number of aromatic nitrogens is 3. The molecule has 39 heavy (non-hydrogen) atoms. The van der Waals surface area contributed by atoms with Crippen LogP contribution in [-0.4, -0.2) is 80.9 Å². The molecule has 3 aliphatic heterocycles. The summed E-state index contributed by atoms with van der Waals surface area (Å²) in [4.78, 5) is 55.1. The number of thiophene rings is 1. The third-order valence-corrected chi connectivity index (χ3v) is 11.2. The Morgan fingerprint density at radius 3 is 2.77 bits per heavy atom. The minimum atomic E-state index is -0.636. The van der Waals surface area contributed by atoms with Gasteiger partial charge in [-0.25, -0.2) is 9.97 Å². The Morgan fingerprint density at radius 2 is 2.05 bits per heavy atom. The van der Waals surface area contributed by atoms with Crippen LogP contribution in [0.1, 0.15) is 39.3 Å². The van der Waals surface area contributed by atoms with Gasteiger partial charge in [-0.2, -0.15) is 11.8 Å². The number of nitrogens with one attached hydrogen (secondary N) is 2. The van der Waals surface area contributed by atoms with Gasteiger partial charge in [-0.15, -0.1) is 11.3 Å². The molecule has 3 aromatic heterocycles. The van der Waals surface area contributed by atoms with Crippen LogP contribution in [-0.2, 0) is 23.3 Å². The molecule has 1 spiro atoms. The van der Waals surface area contributed by atoms with Crippen molar-refractivity contribution in [2.24, 2.45) is 5.92 Å². The lowest BCUT2D eigenvalue weighted by atomic mass is 9.87. The molecule has 4 aliphatic rings. The molecule has 0 unspecified atom stereocenters. The van der Waals surface area contributed by atoms with Crippen LogP contribution in [0.4, 0.5) is 11.5 Å². The van der Waals surface area contributed by atoms with E-state index in [1.165, 1.54) is 16.8 Å². The van der Waals surface area contributed by atoms with Crippen LogP contribution in [0.25, 0.3) is 10.2 Å². The maximum atomic E-state index is 13.7. The molecule has 2 amide bonds. The molecule has 12 heteroatoms. The summed E-state index contributed by atoms with van der Waals surface area (Å²) in [5, 5.41) is 7.28. The first kappa shape index (κ1) is 25.0.